The van der Waals surface area contributed by atoms with E-state index in [9.17, 15) is 10.2 Å². The summed E-state index contributed by atoms with van der Waals surface area (Å²) in [6.45, 7) is 5.74. The lowest BCUT2D eigenvalue weighted by atomic mass is 10.2. The Morgan fingerprint density at radius 2 is 0.714 bits per heavy atom. The van der Waals surface area contributed by atoms with E-state index in [2.05, 4.69) is 0 Å². The fourth-order valence-electron chi connectivity index (χ4n) is 2.41. The van der Waals surface area contributed by atoms with Crippen LogP contribution in [0, 0.1) is 0 Å². The van der Waals surface area contributed by atoms with Gasteiger partial charge >= 0.3 is 0 Å². The van der Waals surface area contributed by atoms with Gasteiger partial charge in [0.05, 0.1) is 132 Å². The summed E-state index contributed by atoms with van der Waals surface area (Å²) in [6, 6.07) is 0. The summed E-state index contributed by atoms with van der Waals surface area (Å²) in [5, 5.41) is 36.6. The summed E-state index contributed by atoms with van der Waals surface area (Å²) in [5.74, 6) is 0. The molecule has 0 aliphatic heterocycles. The van der Waals surface area contributed by atoms with Crippen LogP contribution in [-0.4, -0.2) is 165 Å². The average molecular weight is 519 g/mol. The molecule has 0 aromatic heterocycles. The molecule has 0 radical (unpaired) electrons. The van der Waals surface area contributed by atoms with E-state index in [1.807, 2.05) is 0 Å². The Morgan fingerprint density at radius 3 is 1.06 bits per heavy atom. The van der Waals surface area contributed by atoms with E-state index in [-0.39, 0.29) is 33.0 Å². The molecule has 0 saturated heterocycles. The van der Waals surface area contributed by atoms with Gasteiger partial charge in [-0.2, -0.15) is 0 Å². The third-order valence-corrected chi connectivity index (χ3v) is 4.16. The van der Waals surface area contributed by atoms with Gasteiger partial charge in [0.25, 0.3) is 0 Å². The largest absolute Gasteiger partial charge is 0.394 e. The van der Waals surface area contributed by atoms with Gasteiger partial charge in [-0.25, -0.2) is 0 Å². The zero-order valence-electron chi connectivity index (χ0n) is 20.8. The molecule has 4 N–H and O–H groups in total. The molecule has 0 saturated carbocycles. The van der Waals surface area contributed by atoms with Crippen molar-refractivity contribution >= 4 is 0 Å². The molecule has 0 aromatic carbocycles. The van der Waals surface area contributed by atoms with Gasteiger partial charge in [0.15, 0.2) is 0 Å². The van der Waals surface area contributed by atoms with E-state index in [4.69, 9.17) is 52.8 Å². The Hall–Kier alpha value is -0.520. The number of hydrogen-bond acceptors (Lipinski definition) is 13. The first-order valence-corrected chi connectivity index (χ1v) is 12.0. The van der Waals surface area contributed by atoms with E-state index in [1.165, 1.54) is 0 Å². The maximum Gasteiger partial charge on any atom is 0.109 e. The zero-order valence-corrected chi connectivity index (χ0v) is 20.8. The van der Waals surface area contributed by atoms with Crippen LogP contribution in [0.15, 0.2) is 0 Å². The third kappa shape index (κ3) is 26.4. The monoisotopic (exact) mass is 518 g/mol. The molecular weight excluding hydrogens is 472 g/mol. The highest BCUT2D eigenvalue weighted by molar-refractivity contribution is 4.67. The van der Waals surface area contributed by atoms with E-state index in [0.717, 1.165) is 0 Å². The zero-order chi connectivity index (χ0) is 25.7. The van der Waals surface area contributed by atoms with Crippen molar-refractivity contribution in [1.82, 2.24) is 0 Å². The molecule has 35 heavy (non-hydrogen) atoms. The molecule has 13 nitrogen and oxygen atoms in total. The Morgan fingerprint density at radius 1 is 0.400 bits per heavy atom. The van der Waals surface area contributed by atoms with Gasteiger partial charge < -0.3 is 63.1 Å². The van der Waals surface area contributed by atoms with Crippen LogP contribution in [0.5, 0.6) is 0 Å². The van der Waals surface area contributed by atoms with Crippen molar-refractivity contribution in [3.05, 3.63) is 0 Å². The molecule has 212 valence electrons. The SMILES string of the molecule is OCCOCCOCCOCCOCCOCC(O)C(CO)OCCOCCOCCOCCO. The minimum absolute atomic E-state index is 0.00560. The van der Waals surface area contributed by atoms with E-state index in [1.54, 1.807) is 0 Å². The highest BCUT2D eigenvalue weighted by atomic mass is 16.6. The summed E-state index contributed by atoms with van der Waals surface area (Å²) >= 11 is 0. The van der Waals surface area contributed by atoms with Crippen LogP contribution in [0.25, 0.3) is 0 Å². The van der Waals surface area contributed by atoms with Crippen molar-refractivity contribution < 1.29 is 63.1 Å². The summed E-state index contributed by atoms with van der Waals surface area (Å²) < 4.78 is 47.6. The molecule has 0 amide bonds. The molecule has 0 fully saturated rings. The topological polar surface area (TPSA) is 164 Å². The average Bonchev–Trinajstić information content (AvgIpc) is 2.87. The van der Waals surface area contributed by atoms with Gasteiger partial charge in [0, 0.05) is 0 Å². The van der Waals surface area contributed by atoms with E-state index in [0.29, 0.717) is 99.1 Å². The van der Waals surface area contributed by atoms with Gasteiger partial charge in [-0.15, -0.1) is 0 Å². The normalized spacial score (nSPS) is 13.4. The van der Waals surface area contributed by atoms with Crippen LogP contribution in [0.4, 0.5) is 0 Å². The van der Waals surface area contributed by atoms with Crippen molar-refractivity contribution in [3.8, 4) is 0 Å². The first-order chi connectivity index (χ1) is 17.3. The van der Waals surface area contributed by atoms with Crippen LogP contribution in [0.2, 0.25) is 0 Å². The van der Waals surface area contributed by atoms with Crippen LogP contribution in [0.1, 0.15) is 0 Å². The molecule has 0 aromatic rings. The smallest absolute Gasteiger partial charge is 0.109 e. The van der Waals surface area contributed by atoms with Gasteiger partial charge in [-0.3, -0.25) is 0 Å². The van der Waals surface area contributed by atoms with Crippen molar-refractivity contribution in [1.29, 1.82) is 0 Å². The highest BCUT2D eigenvalue weighted by Gasteiger charge is 2.19. The van der Waals surface area contributed by atoms with Crippen molar-refractivity contribution in [2.24, 2.45) is 0 Å². The molecule has 2 atom stereocenters. The molecule has 0 rings (SSSR count). The number of aliphatic hydroxyl groups excluding tert-OH is 4. The van der Waals surface area contributed by atoms with Crippen LogP contribution >= 0.6 is 0 Å². The number of hydrogen-bond donors (Lipinski definition) is 4. The van der Waals surface area contributed by atoms with Crippen LogP contribution in [-0.2, 0) is 42.6 Å². The summed E-state index contributed by atoms with van der Waals surface area (Å²) in [5.41, 5.74) is 0. The number of aliphatic hydroxyl groups is 4. The second-order valence-electron chi connectivity index (χ2n) is 6.97. The Bertz CT molecular complexity index is 392. The van der Waals surface area contributed by atoms with Crippen LogP contribution in [0.3, 0.4) is 0 Å². The van der Waals surface area contributed by atoms with Crippen molar-refractivity contribution in [2.45, 2.75) is 12.2 Å². The lowest BCUT2D eigenvalue weighted by Crippen LogP contribution is -2.37. The standard InChI is InChI=1S/C22H46O13/c23-1-3-27-5-7-29-9-10-31-11-12-32-15-16-34-20-21(26)22(19-25)35-18-17-33-14-13-30-8-6-28-4-2-24/h21-26H,1-20H2. The molecule has 0 bridgehead atoms. The fraction of sp³-hybridized carbons (Fsp3) is 1.00. The number of rotatable bonds is 30. The molecule has 0 aliphatic rings. The minimum Gasteiger partial charge on any atom is -0.394 e. The molecule has 13 heteroatoms. The second-order valence-corrected chi connectivity index (χ2v) is 6.97. The Labute approximate surface area is 208 Å². The fourth-order valence-corrected chi connectivity index (χ4v) is 2.41. The van der Waals surface area contributed by atoms with Crippen molar-refractivity contribution in [2.75, 3.05) is 132 Å². The number of ether oxygens (including phenoxy) is 9. The van der Waals surface area contributed by atoms with E-state index >= 15 is 0 Å². The molecular formula is C22H46O13. The van der Waals surface area contributed by atoms with Crippen LogP contribution < -0.4 is 0 Å². The predicted octanol–water partition coefficient (Wildman–Crippen LogP) is -2.16. The molecule has 0 aliphatic carbocycles. The molecule has 0 spiro atoms. The van der Waals surface area contributed by atoms with Crippen molar-refractivity contribution in [3.63, 3.8) is 0 Å². The summed E-state index contributed by atoms with van der Waals surface area (Å²) in [7, 11) is 0. The summed E-state index contributed by atoms with van der Waals surface area (Å²) in [4.78, 5) is 0. The van der Waals surface area contributed by atoms with Gasteiger partial charge in [-0.05, 0) is 0 Å². The summed E-state index contributed by atoms with van der Waals surface area (Å²) in [6.07, 6.45) is -1.74. The first-order valence-electron chi connectivity index (χ1n) is 12.0. The molecule has 0 heterocycles. The second kappa shape index (κ2) is 29.7. The maximum atomic E-state index is 10.1. The first kappa shape index (κ1) is 34.5. The minimum atomic E-state index is -0.973. The molecule has 2 unspecified atom stereocenters. The quantitative estimate of drug-likeness (QED) is 0.0761. The lowest BCUT2D eigenvalue weighted by Gasteiger charge is -2.21. The van der Waals surface area contributed by atoms with Gasteiger partial charge in [0.1, 0.15) is 12.2 Å². The predicted molar refractivity (Wildman–Crippen MR) is 124 cm³/mol. The van der Waals surface area contributed by atoms with Gasteiger partial charge in [-0.1, -0.05) is 0 Å². The Kier molecular flexibility index (Phi) is 29.3. The lowest BCUT2D eigenvalue weighted by molar-refractivity contribution is -0.105. The van der Waals surface area contributed by atoms with E-state index < -0.39 is 12.2 Å². The van der Waals surface area contributed by atoms with Gasteiger partial charge in [0.2, 0.25) is 0 Å². The third-order valence-electron chi connectivity index (χ3n) is 4.16. The maximum absolute atomic E-state index is 10.1. The highest BCUT2D eigenvalue weighted by Crippen LogP contribution is 2.00. The Balaban J connectivity index is 3.40.